The van der Waals surface area contributed by atoms with Gasteiger partial charge in [0.1, 0.15) is 0 Å². The van der Waals surface area contributed by atoms with Gasteiger partial charge in [-0.3, -0.25) is 9.59 Å². The van der Waals surface area contributed by atoms with E-state index in [9.17, 15) is 9.59 Å². The number of benzene rings is 1. The molecule has 0 bridgehead atoms. The summed E-state index contributed by atoms with van der Waals surface area (Å²) in [5.41, 5.74) is 2.39. The molecule has 0 unspecified atom stereocenters. The van der Waals surface area contributed by atoms with Crippen molar-refractivity contribution in [2.24, 2.45) is 0 Å². The van der Waals surface area contributed by atoms with Crippen LogP contribution in [0.15, 0.2) is 24.3 Å². The Labute approximate surface area is 120 Å². The second kappa shape index (κ2) is 6.07. The Bertz CT molecular complexity index is 496. The van der Waals surface area contributed by atoms with Crippen LogP contribution in [-0.2, 0) is 9.59 Å². The first-order chi connectivity index (χ1) is 9.51. The van der Waals surface area contributed by atoms with E-state index in [1.807, 2.05) is 11.8 Å². The molecule has 2 amide bonds. The third-order valence-corrected chi connectivity index (χ3v) is 3.87. The fourth-order valence-corrected chi connectivity index (χ4v) is 2.79. The second-order valence-corrected chi connectivity index (χ2v) is 5.48. The van der Waals surface area contributed by atoms with Crippen LogP contribution < -0.4 is 5.32 Å². The van der Waals surface area contributed by atoms with Crippen molar-refractivity contribution in [1.82, 2.24) is 10.2 Å². The van der Waals surface area contributed by atoms with Gasteiger partial charge in [-0.1, -0.05) is 36.8 Å². The Hall–Kier alpha value is -1.84. The Kier molecular flexibility index (Phi) is 4.42. The number of hydrogen-bond acceptors (Lipinski definition) is 2. The fraction of sp³-hybridized carbons (Fsp3) is 0.500. The van der Waals surface area contributed by atoms with Crippen molar-refractivity contribution in [3.63, 3.8) is 0 Å². The van der Waals surface area contributed by atoms with Crippen LogP contribution in [0, 0.1) is 6.92 Å². The summed E-state index contributed by atoms with van der Waals surface area (Å²) in [6.07, 6.45) is 0.507. The van der Waals surface area contributed by atoms with Crippen molar-refractivity contribution < 1.29 is 9.59 Å². The smallest absolute Gasteiger partial charge is 0.222 e. The number of nitrogens with one attached hydrogen (secondary N) is 1. The lowest BCUT2D eigenvalue weighted by atomic mass is 9.93. The first-order valence-electron chi connectivity index (χ1n) is 7.12. The average molecular weight is 274 g/mol. The quantitative estimate of drug-likeness (QED) is 0.914. The van der Waals surface area contributed by atoms with Crippen LogP contribution in [0.3, 0.4) is 0 Å². The summed E-state index contributed by atoms with van der Waals surface area (Å²) in [5.74, 6) is 0.280. The molecule has 4 heteroatoms. The molecule has 1 aliphatic rings. The van der Waals surface area contributed by atoms with E-state index in [0.29, 0.717) is 19.5 Å². The van der Waals surface area contributed by atoms with Crippen LogP contribution in [0.4, 0.5) is 0 Å². The van der Waals surface area contributed by atoms with E-state index >= 15 is 0 Å². The predicted octanol–water partition coefficient (Wildman–Crippen LogP) is 1.84. The van der Waals surface area contributed by atoms with Gasteiger partial charge in [0.2, 0.25) is 11.8 Å². The molecule has 0 aromatic heterocycles. The minimum atomic E-state index is -0.0436. The van der Waals surface area contributed by atoms with Gasteiger partial charge in [0.15, 0.2) is 0 Å². The van der Waals surface area contributed by atoms with E-state index in [1.165, 1.54) is 18.1 Å². The Morgan fingerprint density at radius 1 is 1.25 bits per heavy atom. The van der Waals surface area contributed by atoms with E-state index in [1.54, 1.807) is 0 Å². The molecule has 2 rings (SSSR count). The maximum absolute atomic E-state index is 11.9. The van der Waals surface area contributed by atoms with Crippen molar-refractivity contribution in [2.75, 3.05) is 13.1 Å². The minimum Gasteiger partial charge on any atom is -0.351 e. The molecular formula is C16H22N2O2. The standard InChI is InChI=1S/C16H22N2O2/c1-4-16(20)18-9-14(15(10-18)17-12(3)19)13-7-5-11(2)6-8-13/h5-8,14-15H,4,9-10H2,1-3H3,(H,17,19)/t14-,15+/m0/s1. The average Bonchev–Trinajstić information content (AvgIpc) is 2.82. The lowest BCUT2D eigenvalue weighted by molar-refractivity contribution is -0.130. The molecular weight excluding hydrogens is 252 g/mol. The highest BCUT2D eigenvalue weighted by atomic mass is 16.2. The van der Waals surface area contributed by atoms with E-state index in [4.69, 9.17) is 0 Å². The van der Waals surface area contributed by atoms with Crippen LogP contribution in [0.1, 0.15) is 37.3 Å². The lowest BCUT2D eigenvalue weighted by Crippen LogP contribution is -2.39. The summed E-state index contributed by atoms with van der Waals surface area (Å²) in [4.78, 5) is 25.1. The second-order valence-electron chi connectivity index (χ2n) is 5.48. The summed E-state index contributed by atoms with van der Waals surface area (Å²) in [5, 5.41) is 2.98. The van der Waals surface area contributed by atoms with Crippen LogP contribution in [0.5, 0.6) is 0 Å². The SMILES string of the molecule is CCC(=O)N1C[C@@H](NC(C)=O)[C@H](c2ccc(C)cc2)C1. The molecule has 4 nitrogen and oxygen atoms in total. The predicted molar refractivity (Wildman–Crippen MR) is 78.4 cm³/mol. The normalized spacial score (nSPS) is 21.9. The minimum absolute atomic E-state index is 0.00528. The number of rotatable bonds is 3. The van der Waals surface area contributed by atoms with Crippen molar-refractivity contribution in [2.45, 2.75) is 39.2 Å². The van der Waals surface area contributed by atoms with Crippen molar-refractivity contribution >= 4 is 11.8 Å². The third-order valence-electron chi connectivity index (χ3n) is 3.87. The number of aryl methyl sites for hydroxylation is 1. The number of carbonyl (C=O) groups is 2. The molecule has 0 spiro atoms. The summed E-state index contributed by atoms with van der Waals surface area (Å²) in [6.45, 7) is 6.73. The summed E-state index contributed by atoms with van der Waals surface area (Å²) in [6, 6.07) is 8.34. The first-order valence-corrected chi connectivity index (χ1v) is 7.12. The van der Waals surface area contributed by atoms with E-state index < -0.39 is 0 Å². The van der Waals surface area contributed by atoms with Gasteiger partial charge in [-0.2, -0.15) is 0 Å². The number of carbonyl (C=O) groups excluding carboxylic acids is 2. The Morgan fingerprint density at radius 3 is 2.45 bits per heavy atom. The maximum atomic E-state index is 11.9. The fourth-order valence-electron chi connectivity index (χ4n) is 2.79. The molecule has 1 aliphatic heterocycles. The van der Waals surface area contributed by atoms with Crippen molar-refractivity contribution in [3.05, 3.63) is 35.4 Å². The van der Waals surface area contributed by atoms with E-state index in [-0.39, 0.29) is 23.8 Å². The molecule has 0 aliphatic carbocycles. The zero-order valence-corrected chi connectivity index (χ0v) is 12.3. The highest BCUT2D eigenvalue weighted by Crippen LogP contribution is 2.28. The Balaban J connectivity index is 2.20. The number of hydrogen-bond donors (Lipinski definition) is 1. The van der Waals surface area contributed by atoms with Gasteiger partial charge in [-0.05, 0) is 12.5 Å². The molecule has 1 fully saturated rings. The molecule has 108 valence electrons. The van der Waals surface area contributed by atoms with Crippen molar-refractivity contribution in [3.8, 4) is 0 Å². The summed E-state index contributed by atoms with van der Waals surface area (Å²) in [7, 11) is 0. The molecule has 1 aromatic carbocycles. The highest BCUT2D eigenvalue weighted by molar-refractivity contribution is 5.77. The number of nitrogens with zero attached hydrogens (tertiary/aromatic N) is 1. The lowest BCUT2D eigenvalue weighted by Gasteiger charge is -2.19. The van der Waals surface area contributed by atoms with Crippen LogP contribution in [0.25, 0.3) is 0 Å². The first kappa shape index (κ1) is 14.6. The molecule has 1 N–H and O–H groups in total. The van der Waals surface area contributed by atoms with Crippen LogP contribution in [-0.4, -0.2) is 35.8 Å². The molecule has 20 heavy (non-hydrogen) atoms. The summed E-state index contributed by atoms with van der Waals surface area (Å²) < 4.78 is 0. The molecule has 0 saturated carbocycles. The molecule has 0 radical (unpaired) electrons. The molecule has 1 saturated heterocycles. The Morgan fingerprint density at radius 2 is 1.90 bits per heavy atom. The number of amides is 2. The molecule has 1 aromatic rings. The van der Waals surface area contributed by atoms with Gasteiger partial charge in [0.05, 0.1) is 6.04 Å². The maximum Gasteiger partial charge on any atom is 0.222 e. The number of likely N-dealkylation sites (tertiary alicyclic amines) is 1. The van der Waals surface area contributed by atoms with Gasteiger partial charge in [0, 0.05) is 32.4 Å². The monoisotopic (exact) mass is 274 g/mol. The topological polar surface area (TPSA) is 49.4 Å². The zero-order valence-electron chi connectivity index (χ0n) is 12.3. The molecule has 2 atom stereocenters. The van der Waals surface area contributed by atoms with Gasteiger partial charge >= 0.3 is 0 Å². The zero-order chi connectivity index (χ0) is 14.7. The van der Waals surface area contributed by atoms with Gasteiger partial charge in [0.25, 0.3) is 0 Å². The van der Waals surface area contributed by atoms with Crippen LogP contribution in [0.2, 0.25) is 0 Å². The van der Waals surface area contributed by atoms with E-state index in [2.05, 4.69) is 36.5 Å². The highest BCUT2D eigenvalue weighted by Gasteiger charge is 2.35. The molecule has 1 heterocycles. The van der Waals surface area contributed by atoms with Gasteiger partial charge in [-0.15, -0.1) is 0 Å². The van der Waals surface area contributed by atoms with Crippen molar-refractivity contribution in [1.29, 1.82) is 0 Å². The van der Waals surface area contributed by atoms with Crippen LogP contribution >= 0.6 is 0 Å². The van der Waals surface area contributed by atoms with Gasteiger partial charge in [-0.25, -0.2) is 0 Å². The van der Waals surface area contributed by atoms with Gasteiger partial charge < -0.3 is 10.2 Å². The largest absolute Gasteiger partial charge is 0.351 e. The van der Waals surface area contributed by atoms with E-state index in [0.717, 1.165) is 0 Å². The third kappa shape index (κ3) is 3.18. The summed E-state index contributed by atoms with van der Waals surface area (Å²) >= 11 is 0.